The number of hydrogen-bond acceptors (Lipinski definition) is 0. The smallest absolute Gasteiger partial charge is 0.0576 e. The van der Waals surface area contributed by atoms with Gasteiger partial charge in [0.15, 0.2) is 0 Å². The van der Waals surface area contributed by atoms with Gasteiger partial charge in [0.05, 0.1) is 11.0 Å². The fraction of sp³-hybridized carbons (Fsp3) is 0.0435. The van der Waals surface area contributed by atoms with Crippen molar-refractivity contribution >= 4 is 27.2 Å². The predicted molar refractivity (Wildman–Crippen MR) is 102 cm³/mol. The van der Waals surface area contributed by atoms with Crippen LogP contribution in [-0.2, 0) is 6.42 Å². The number of rotatable bonds is 2. The van der Waals surface area contributed by atoms with E-state index in [9.17, 15) is 0 Å². The topological polar surface area (TPSA) is 4.41 Å². The SMILES string of the molecule is c1ccc(Cc2c3ccccc3n3ccc4ccccc4c23)cc1. The number of nitrogens with zero attached hydrogens (tertiary/aromatic N) is 1. The molecule has 0 aliphatic heterocycles. The molecular formula is C23H17N. The molecule has 2 aromatic heterocycles. The largest absolute Gasteiger partial charge is 0.316 e. The van der Waals surface area contributed by atoms with Gasteiger partial charge in [-0.05, 0) is 28.6 Å². The first-order valence-corrected chi connectivity index (χ1v) is 8.35. The van der Waals surface area contributed by atoms with Gasteiger partial charge in [0.25, 0.3) is 0 Å². The third kappa shape index (κ3) is 1.95. The van der Waals surface area contributed by atoms with Crippen LogP contribution in [0.4, 0.5) is 0 Å². The lowest BCUT2D eigenvalue weighted by molar-refractivity contribution is 1.21. The zero-order valence-electron chi connectivity index (χ0n) is 13.3. The van der Waals surface area contributed by atoms with E-state index in [4.69, 9.17) is 0 Å². The van der Waals surface area contributed by atoms with E-state index in [1.165, 1.54) is 38.3 Å². The molecule has 2 heterocycles. The average molecular weight is 307 g/mol. The maximum Gasteiger partial charge on any atom is 0.0576 e. The van der Waals surface area contributed by atoms with Gasteiger partial charge in [0, 0.05) is 23.4 Å². The Hall–Kier alpha value is -3.06. The molecule has 0 spiro atoms. The Labute approximate surface area is 140 Å². The van der Waals surface area contributed by atoms with Crippen LogP contribution in [0, 0.1) is 0 Å². The van der Waals surface area contributed by atoms with Crippen molar-refractivity contribution < 1.29 is 0 Å². The lowest BCUT2D eigenvalue weighted by Crippen LogP contribution is -1.90. The van der Waals surface area contributed by atoms with Crippen molar-refractivity contribution in [2.45, 2.75) is 6.42 Å². The molecule has 5 rings (SSSR count). The third-order valence-corrected chi connectivity index (χ3v) is 4.86. The Balaban J connectivity index is 1.92. The van der Waals surface area contributed by atoms with Crippen LogP contribution in [0.2, 0.25) is 0 Å². The van der Waals surface area contributed by atoms with Gasteiger partial charge in [-0.15, -0.1) is 0 Å². The molecule has 0 amide bonds. The Kier molecular flexibility index (Phi) is 2.92. The fourth-order valence-electron chi connectivity index (χ4n) is 3.77. The second-order valence-electron chi connectivity index (χ2n) is 6.28. The van der Waals surface area contributed by atoms with Crippen molar-refractivity contribution in [3.8, 4) is 0 Å². The molecule has 114 valence electrons. The second-order valence-corrected chi connectivity index (χ2v) is 6.28. The van der Waals surface area contributed by atoms with Gasteiger partial charge in [0.1, 0.15) is 0 Å². The molecule has 0 fully saturated rings. The number of benzene rings is 3. The Morgan fingerprint density at radius 2 is 1.33 bits per heavy atom. The summed E-state index contributed by atoms with van der Waals surface area (Å²) in [5.74, 6) is 0. The molecule has 3 aromatic carbocycles. The minimum absolute atomic E-state index is 0.950. The van der Waals surface area contributed by atoms with E-state index in [0.29, 0.717) is 0 Å². The monoisotopic (exact) mass is 307 g/mol. The van der Waals surface area contributed by atoms with Gasteiger partial charge in [-0.25, -0.2) is 0 Å². The molecule has 1 heteroatoms. The molecule has 0 bridgehead atoms. The van der Waals surface area contributed by atoms with Crippen LogP contribution in [0.1, 0.15) is 11.1 Å². The van der Waals surface area contributed by atoms with Crippen LogP contribution in [-0.4, -0.2) is 4.40 Å². The van der Waals surface area contributed by atoms with E-state index < -0.39 is 0 Å². The maximum atomic E-state index is 2.34. The molecule has 0 saturated heterocycles. The summed E-state index contributed by atoms with van der Waals surface area (Å²) in [6.07, 6.45) is 3.15. The number of aromatic nitrogens is 1. The Bertz CT molecular complexity index is 1170. The highest BCUT2D eigenvalue weighted by Gasteiger charge is 2.14. The summed E-state index contributed by atoms with van der Waals surface area (Å²) < 4.78 is 2.34. The quantitative estimate of drug-likeness (QED) is 0.386. The van der Waals surface area contributed by atoms with Gasteiger partial charge < -0.3 is 4.40 Å². The van der Waals surface area contributed by atoms with E-state index in [2.05, 4.69) is 95.5 Å². The van der Waals surface area contributed by atoms with Crippen molar-refractivity contribution in [3.63, 3.8) is 0 Å². The maximum absolute atomic E-state index is 2.34. The van der Waals surface area contributed by atoms with Gasteiger partial charge in [-0.3, -0.25) is 0 Å². The summed E-state index contributed by atoms with van der Waals surface area (Å²) in [4.78, 5) is 0. The zero-order valence-corrected chi connectivity index (χ0v) is 13.3. The summed E-state index contributed by atoms with van der Waals surface area (Å²) >= 11 is 0. The van der Waals surface area contributed by atoms with E-state index in [-0.39, 0.29) is 0 Å². The molecule has 24 heavy (non-hydrogen) atoms. The van der Waals surface area contributed by atoms with Crippen LogP contribution in [0.25, 0.3) is 27.2 Å². The normalized spacial score (nSPS) is 11.5. The molecule has 1 nitrogen and oxygen atoms in total. The van der Waals surface area contributed by atoms with Crippen molar-refractivity contribution in [1.82, 2.24) is 4.40 Å². The summed E-state index contributed by atoms with van der Waals surface area (Å²) in [6.45, 7) is 0. The first-order chi connectivity index (χ1) is 11.9. The van der Waals surface area contributed by atoms with Crippen LogP contribution >= 0.6 is 0 Å². The Morgan fingerprint density at radius 3 is 2.21 bits per heavy atom. The molecule has 0 N–H and O–H groups in total. The van der Waals surface area contributed by atoms with Crippen molar-refractivity contribution in [3.05, 3.63) is 102 Å². The van der Waals surface area contributed by atoms with Crippen LogP contribution in [0.5, 0.6) is 0 Å². The van der Waals surface area contributed by atoms with Crippen LogP contribution < -0.4 is 0 Å². The average Bonchev–Trinajstić information content (AvgIpc) is 2.97. The minimum atomic E-state index is 0.950. The highest BCUT2D eigenvalue weighted by Crippen LogP contribution is 2.33. The van der Waals surface area contributed by atoms with Gasteiger partial charge in [-0.1, -0.05) is 72.8 Å². The molecule has 0 atom stereocenters. The van der Waals surface area contributed by atoms with E-state index in [1.807, 2.05) is 0 Å². The predicted octanol–water partition coefficient (Wildman–Crippen LogP) is 5.84. The molecule has 0 saturated carbocycles. The van der Waals surface area contributed by atoms with E-state index in [1.54, 1.807) is 0 Å². The summed E-state index contributed by atoms with van der Waals surface area (Å²) in [7, 11) is 0. The van der Waals surface area contributed by atoms with Crippen LogP contribution in [0.3, 0.4) is 0 Å². The second kappa shape index (κ2) is 5.24. The lowest BCUT2D eigenvalue weighted by Gasteiger charge is -2.06. The lowest BCUT2D eigenvalue weighted by atomic mass is 10.0. The zero-order chi connectivity index (χ0) is 15.9. The number of hydrogen-bond donors (Lipinski definition) is 0. The standard InChI is InChI=1S/C23H17N/c1-2-8-17(9-3-1)16-21-20-12-6-7-13-22(20)24-15-14-18-10-4-5-11-19(18)23(21)24/h1-15H,16H2. The van der Waals surface area contributed by atoms with Crippen molar-refractivity contribution in [2.24, 2.45) is 0 Å². The summed E-state index contributed by atoms with van der Waals surface area (Å²) in [6, 6.07) is 30.3. The third-order valence-electron chi connectivity index (χ3n) is 4.86. The summed E-state index contributed by atoms with van der Waals surface area (Å²) in [5.41, 5.74) is 5.37. The molecule has 5 aromatic rings. The molecule has 0 radical (unpaired) electrons. The van der Waals surface area contributed by atoms with Gasteiger partial charge >= 0.3 is 0 Å². The van der Waals surface area contributed by atoms with Crippen molar-refractivity contribution in [1.29, 1.82) is 0 Å². The number of fused-ring (bicyclic) bond motifs is 5. The minimum Gasteiger partial charge on any atom is -0.316 e. The first kappa shape index (κ1) is 13.4. The fourth-order valence-corrected chi connectivity index (χ4v) is 3.77. The van der Waals surface area contributed by atoms with E-state index >= 15 is 0 Å². The molecular weight excluding hydrogens is 290 g/mol. The molecule has 0 unspecified atom stereocenters. The Morgan fingerprint density at radius 1 is 0.625 bits per heavy atom. The molecule has 0 aliphatic rings. The van der Waals surface area contributed by atoms with Gasteiger partial charge in [0.2, 0.25) is 0 Å². The van der Waals surface area contributed by atoms with Crippen molar-refractivity contribution in [2.75, 3.05) is 0 Å². The van der Waals surface area contributed by atoms with Crippen LogP contribution in [0.15, 0.2) is 91.1 Å². The molecule has 0 aliphatic carbocycles. The highest BCUT2D eigenvalue weighted by atomic mass is 14.9. The first-order valence-electron chi connectivity index (χ1n) is 8.35. The van der Waals surface area contributed by atoms with E-state index in [0.717, 1.165) is 6.42 Å². The highest BCUT2D eigenvalue weighted by molar-refractivity contribution is 6.05. The summed E-state index contributed by atoms with van der Waals surface area (Å²) in [5, 5.41) is 3.96. The number of para-hydroxylation sites is 1. The van der Waals surface area contributed by atoms with Gasteiger partial charge in [-0.2, -0.15) is 0 Å². The number of pyridine rings is 1.